The van der Waals surface area contributed by atoms with Gasteiger partial charge in [-0.25, -0.2) is 9.97 Å². The van der Waals surface area contributed by atoms with Gasteiger partial charge in [0.15, 0.2) is 0 Å². The summed E-state index contributed by atoms with van der Waals surface area (Å²) in [6, 6.07) is 11.0. The number of hydrogen-bond acceptors (Lipinski definition) is 3. The summed E-state index contributed by atoms with van der Waals surface area (Å²) >= 11 is 3.28. The van der Waals surface area contributed by atoms with Crippen LogP contribution in [0, 0.1) is 0 Å². The molecular weight excluding hydrogens is 332 g/mol. The Bertz CT molecular complexity index is 766. The van der Waals surface area contributed by atoms with Gasteiger partial charge >= 0.3 is 0 Å². The Morgan fingerprint density at radius 3 is 2.86 bits per heavy atom. The van der Waals surface area contributed by atoms with Gasteiger partial charge in [-0.1, -0.05) is 12.1 Å². The Labute approximate surface area is 129 Å². The summed E-state index contributed by atoms with van der Waals surface area (Å²) in [5.41, 5.74) is 2.34. The summed E-state index contributed by atoms with van der Waals surface area (Å²) in [4.78, 5) is 24.0. The van der Waals surface area contributed by atoms with Crippen molar-refractivity contribution in [2.45, 2.75) is 13.0 Å². The van der Waals surface area contributed by atoms with Gasteiger partial charge in [-0.15, -0.1) is 0 Å². The molecule has 0 radical (unpaired) electrons. The van der Waals surface area contributed by atoms with Crippen molar-refractivity contribution >= 4 is 32.9 Å². The number of nitrogens with one attached hydrogen (secondary N) is 2. The number of hydrogen-bond donors (Lipinski definition) is 2. The van der Waals surface area contributed by atoms with Gasteiger partial charge in [-0.3, -0.25) is 4.79 Å². The quantitative estimate of drug-likeness (QED) is 0.716. The Hall–Kier alpha value is -2.21. The minimum absolute atomic E-state index is 0.192. The number of pyridine rings is 1. The third kappa shape index (κ3) is 2.80. The van der Waals surface area contributed by atoms with Crippen molar-refractivity contribution in [2.75, 3.05) is 0 Å². The van der Waals surface area contributed by atoms with E-state index in [1.54, 1.807) is 18.3 Å². The van der Waals surface area contributed by atoms with E-state index in [1.165, 1.54) is 0 Å². The van der Waals surface area contributed by atoms with E-state index in [-0.39, 0.29) is 11.9 Å². The lowest BCUT2D eigenvalue weighted by molar-refractivity contribution is 0.0937. The minimum Gasteiger partial charge on any atom is -0.342 e. The second-order valence-electron chi connectivity index (χ2n) is 4.68. The SMILES string of the molecule is CC(NC(=O)c1cccnc1Br)c1nc2ccccc2[nH]1. The number of aromatic amines is 1. The van der Waals surface area contributed by atoms with Gasteiger partial charge in [-0.2, -0.15) is 0 Å². The van der Waals surface area contributed by atoms with Gasteiger partial charge in [0.05, 0.1) is 22.6 Å². The first kappa shape index (κ1) is 13.8. The lowest BCUT2D eigenvalue weighted by Crippen LogP contribution is -2.27. The maximum absolute atomic E-state index is 12.2. The van der Waals surface area contributed by atoms with E-state index < -0.39 is 0 Å². The third-order valence-corrected chi connectivity index (χ3v) is 3.80. The van der Waals surface area contributed by atoms with Gasteiger partial charge < -0.3 is 10.3 Å². The fourth-order valence-electron chi connectivity index (χ4n) is 2.08. The number of para-hydroxylation sites is 2. The summed E-state index contributed by atoms with van der Waals surface area (Å²) in [6.07, 6.45) is 1.63. The van der Waals surface area contributed by atoms with Gasteiger partial charge in [0.25, 0.3) is 5.91 Å². The number of fused-ring (bicyclic) bond motifs is 1. The Balaban J connectivity index is 1.81. The van der Waals surface area contributed by atoms with E-state index >= 15 is 0 Å². The molecule has 0 spiro atoms. The fourth-order valence-corrected chi connectivity index (χ4v) is 2.51. The van der Waals surface area contributed by atoms with Crippen LogP contribution in [-0.2, 0) is 0 Å². The Morgan fingerprint density at radius 1 is 1.29 bits per heavy atom. The van der Waals surface area contributed by atoms with Crippen LogP contribution < -0.4 is 5.32 Å². The van der Waals surface area contributed by atoms with Crippen molar-refractivity contribution in [1.29, 1.82) is 0 Å². The van der Waals surface area contributed by atoms with Crippen molar-refractivity contribution in [3.8, 4) is 0 Å². The molecular formula is C15H13BrN4O. The molecule has 0 saturated carbocycles. The first-order valence-electron chi connectivity index (χ1n) is 6.51. The fraction of sp³-hybridized carbons (Fsp3) is 0.133. The molecule has 2 N–H and O–H groups in total. The number of aromatic nitrogens is 3. The first-order chi connectivity index (χ1) is 10.1. The van der Waals surface area contributed by atoms with Gasteiger partial charge in [0, 0.05) is 6.20 Å². The molecule has 0 fully saturated rings. The molecule has 0 aliphatic rings. The number of imidazole rings is 1. The molecule has 0 aliphatic heterocycles. The molecule has 21 heavy (non-hydrogen) atoms. The molecule has 3 aromatic rings. The standard InChI is InChI=1S/C15H13BrN4O/c1-9(14-19-11-6-2-3-7-12(11)20-14)18-15(21)10-5-4-8-17-13(10)16/h2-9H,1H3,(H,18,21)(H,19,20). The normalized spacial score (nSPS) is 12.3. The first-order valence-corrected chi connectivity index (χ1v) is 7.30. The summed E-state index contributed by atoms with van der Waals surface area (Å²) in [5.74, 6) is 0.535. The molecule has 0 saturated heterocycles. The van der Waals surface area contributed by atoms with Gasteiger partial charge in [-0.05, 0) is 47.1 Å². The van der Waals surface area contributed by atoms with Crippen molar-refractivity contribution < 1.29 is 4.79 Å². The summed E-state index contributed by atoms with van der Waals surface area (Å²) < 4.78 is 0.527. The second-order valence-corrected chi connectivity index (χ2v) is 5.43. The van der Waals surface area contributed by atoms with Crippen molar-refractivity contribution in [3.63, 3.8) is 0 Å². The molecule has 1 unspecified atom stereocenters. The zero-order valence-electron chi connectivity index (χ0n) is 11.3. The highest BCUT2D eigenvalue weighted by molar-refractivity contribution is 9.10. The van der Waals surface area contributed by atoms with Crippen LogP contribution in [0.15, 0.2) is 47.2 Å². The van der Waals surface area contributed by atoms with Crippen LogP contribution >= 0.6 is 15.9 Å². The van der Waals surface area contributed by atoms with Gasteiger partial charge in [0.2, 0.25) is 0 Å². The number of rotatable bonds is 3. The molecule has 6 heteroatoms. The van der Waals surface area contributed by atoms with Crippen LogP contribution in [0.25, 0.3) is 11.0 Å². The van der Waals surface area contributed by atoms with E-state index in [1.807, 2.05) is 31.2 Å². The number of carbonyl (C=O) groups is 1. The lowest BCUT2D eigenvalue weighted by Gasteiger charge is -2.11. The minimum atomic E-state index is -0.225. The van der Waals surface area contributed by atoms with Crippen molar-refractivity contribution in [3.05, 3.63) is 58.6 Å². The highest BCUT2D eigenvalue weighted by Crippen LogP contribution is 2.17. The zero-order valence-corrected chi connectivity index (χ0v) is 12.9. The Morgan fingerprint density at radius 2 is 2.10 bits per heavy atom. The number of nitrogens with zero attached hydrogens (tertiary/aromatic N) is 2. The number of amides is 1. The third-order valence-electron chi connectivity index (χ3n) is 3.17. The molecule has 5 nitrogen and oxygen atoms in total. The average Bonchev–Trinajstić information content (AvgIpc) is 2.91. The molecule has 1 amide bonds. The van der Waals surface area contributed by atoms with Crippen LogP contribution in [-0.4, -0.2) is 20.9 Å². The predicted octanol–water partition coefficient (Wildman–Crippen LogP) is 3.21. The maximum atomic E-state index is 12.2. The summed E-state index contributed by atoms with van der Waals surface area (Å²) in [5, 5.41) is 2.91. The van der Waals surface area contributed by atoms with E-state index in [9.17, 15) is 4.79 Å². The van der Waals surface area contributed by atoms with Crippen LogP contribution in [0.1, 0.15) is 29.1 Å². The average molecular weight is 345 g/mol. The molecule has 3 rings (SSSR count). The second kappa shape index (κ2) is 5.65. The molecule has 1 atom stereocenters. The molecule has 0 bridgehead atoms. The smallest absolute Gasteiger partial charge is 0.254 e. The van der Waals surface area contributed by atoms with Crippen LogP contribution in [0.3, 0.4) is 0 Å². The van der Waals surface area contributed by atoms with Crippen LogP contribution in [0.2, 0.25) is 0 Å². The topological polar surface area (TPSA) is 70.7 Å². The number of halogens is 1. The van der Waals surface area contributed by atoms with E-state index in [4.69, 9.17) is 0 Å². The van der Waals surface area contributed by atoms with E-state index in [0.29, 0.717) is 10.2 Å². The molecule has 0 aliphatic carbocycles. The monoisotopic (exact) mass is 344 g/mol. The zero-order chi connectivity index (χ0) is 14.8. The maximum Gasteiger partial charge on any atom is 0.254 e. The number of H-pyrrole nitrogens is 1. The Kier molecular flexibility index (Phi) is 3.70. The van der Waals surface area contributed by atoms with Crippen molar-refractivity contribution in [1.82, 2.24) is 20.3 Å². The molecule has 2 aromatic heterocycles. The molecule has 106 valence electrons. The molecule has 2 heterocycles. The number of benzene rings is 1. The highest BCUT2D eigenvalue weighted by Gasteiger charge is 2.16. The van der Waals surface area contributed by atoms with Gasteiger partial charge in [0.1, 0.15) is 10.4 Å². The summed E-state index contributed by atoms with van der Waals surface area (Å²) in [6.45, 7) is 1.89. The van der Waals surface area contributed by atoms with Crippen LogP contribution in [0.4, 0.5) is 0 Å². The lowest BCUT2D eigenvalue weighted by atomic mass is 10.2. The van der Waals surface area contributed by atoms with Crippen LogP contribution in [0.5, 0.6) is 0 Å². The summed E-state index contributed by atoms with van der Waals surface area (Å²) in [7, 11) is 0. The predicted molar refractivity (Wildman–Crippen MR) is 83.9 cm³/mol. The van der Waals surface area contributed by atoms with E-state index in [2.05, 4.69) is 36.2 Å². The number of carbonyl (C=O) groups excluding carboxylic acids is 1. The largest absolute Gasteiger partial charge is 0.342 e. The van der Waals surface area contributed by atoms with Crippen molar-refractivity contribution in [2.24, 2.45) is 0 Å². The van der Waals surface area contributed by atoms with E-state index in [0.717, 1.165) is 16.9 Å². The molecule has 1 aromatic carbocycles. The highest BCUT2D eigenvalue weighted by atomic mass is 79.9.